The Labute approximate surface area is 156 Å². The standard InChI is InChI=1S/C19H29NO4.ClH/c1-3-4-5-6-7-8-9-12-17(21)24-14-15(2)18-16(19(22)23)11-10-13-20-18;/h10-11,13,15H,3-9,12,14H2,1-2H3,(H,22,23);1H. The van der Waals surface area contributed by atoms with Gasteiger partial charge in [0, 0.05) is 18.5 Å². The summed E-state index contributed by atoms with van der Waals surface area (Å²) in [6.07, 6.45) is 10.1. The Morgan fingerprint density at radius 3 is 2.44 bits per heavy atom. The fraction of sp³-hybridized carbons (Fsp3) is 0.632. The summed E-state index contributed by atoms with van der Waals surface area (Å²) in [5.41, 5.74) is 0.613. The van der Waals surface area contributed by atoms with E-state index in [1.165, 1.54) is 38.2 Å². The molecule has 0 aromatic carbocycles. The van der Waals surface area contributed by atoms with Gasteiger partial charge in [0.1, 0.15) is 0 Å². The van der Waals surface area contributed by atoms with Gasteiger partial charge in [0.15, 0.2) is 0 Å². The van der Waals surface area contributed by atoms with Gasteiger partial charge < -0.3 is 9.84 Å². The minimum Gasteiger partial charge on any atom is -0.478 e. The number of nitrogens with zero attached hydrogens (tertiary/aromatic N) is 1. The van der Waals surface area contributed by atoms with Gasteiger partial charge in [-0.25, -0.2) is 4.79 Å². The Hall–Kier alpha value is -1.62. The third-order valence-corrected chi connectivity index (χ3v) is 4.01. The lowest BCUT2D eigenvalue weighted by Gasteiger charge is -2.13. The number of rotatable bonds is 12. The largest absolute Gasteiger partial charge is 0.478 e. The van der Waals surface area contributed by atoms with Crippen LogP contribution in [-0.2, 0) is 9.53 Å². The molecule has 1 heterocycles. The molecule has 0 aliphatic rings. The van der Waals surface area contributed by atoms with Crippen molar-refractivity contribution >= 4 is 24.3 Å². The number of unbranched alkanes of at least 4 members (excludes halogenated alkanes) is 6. The van der Waals surface area contributed by atoms with Crippen LogP contribution in [0.3, 0.4) is 0 Å². The first-order chi connectivity index (χ1) is 11.6. The molecule has 25 heavy (non-hydrogen) atoms. The maximum atomic E-state index is 11.8. The Kier molecular flexibility index (Phi) is 12.8. The van der Waals surface area contributed by atoms with E-state index in [0.717, 1.165) is 12.8 Å². The molecule has 1 aromatic rings. The Morgan fingerprint density at radius 1 is 1.16 bits per heavy atom. The van der Waals surface area contributed by atoms with Gasteiger partial charge in [-0.3, -0.25) is 9.78 Å². The van der Waals surface area contributed by atoms with Crippen LogP contribution in [0.15, 0.2) is 18.3 Å². The molecule has 1 aromatic heterocycles. The Balaban J connectivity index is 0.00000576. The molecule has 142 valence electrons. The fourth-order valence-electron chi connectivity index (χ4n) is 2.59. The van der Waals surface area contributed by atoms with Gasteiger partial charge in [0.25, 0.3) is 0 Å². The van der Waals surface area contributed by atoms with Crippen LogP contribution in [-0.4, -0.2) is 28.6 Å². The first-order valence-corrected chi connectivity index (χ1v) is 8.90. The topological polar surface area (TPSA) is 76.5 Å². The van der Waals surface area contributed by atoms with Crippen LogP contribution in [0, 0.1) is 0 Å². The van der Waals surface area contributed by atoms with Crippen LogP contribution in [0.4, 0.5) is 0 Å². The van der Waals surface area contributed by atoms with Crippen molar-refractivity contribution in [1.82, 2.24) is 4.98 Å². The highest BCUT2D eigenvalue weighted by atomic mass is 35.5. The second kappa shape index (κ2) is 13.6. The molecule has 5 nitrogen and oxygen atoms in total. The van der Waals surface area contributed by atoms with Gasteiger partial charge in [-0.05, 0) is 18.6 Å². The molecule has 1 atom stereocenters. The number of carboxylic acids is 1. The van der Waals surface area contributed by atoms with Crippen LogP contribution >= 0.6 is 12.4 Å². The van der Waals surface area contributed by atoms with Gasteiger partial charge >= 0.3 is 11.9 Å². The predicted molar refractivity (Wildman–Crippen MR) is 100 cm³/mol. The van der Waals surface area contributed by atoms with E-state index in [4.69, 9.17) is 9.84 Å². The number of esters is 1. The summed E-state index contributed by atoms with van der Waals surface area (Å²) >= 11 is 0. The maximum Gasteiger partial charge on any atom is 0.337 e. The van der Waals surface area contributed by atoms with E-state index >= 15 is 0 Å². The minimum atomic E-state index is -1.01. The van der Waals surface area contributed by atoms with E-state index in [-0.39, 0.29) is 36.5 Å². The molecule has 0 aliphatic carbocycles. The number of carbonyl (C=O) groups is 2. The second-order valence-electron chi connectivity index (χ2n) is 6.20. The number of carboxylic acid groups (broad SMARTS) is 1. The molecule has 0 radical (unpaired) electrons. The first kappa shape index (κ1) is 23.4. The molecular formula is C19H30ClNO4. The SMILES string of the molecule is CCCCCCCCCC(=O)OCC(C)c1ncccc1C(=O)O.Cl. The van der Waals surface area contributed by atoms with Crippen molar-refractivity contribution in [1.29, 1.82) is 0 Å². The van der Waals surface area contributed by atoms with Crippen molar-refractivity contribution in [3.8, 4) is 0 Å². The first-order valence-electron chi connectivity index (χ1n) is 8.90. The van der Waals surface area contributed by atoms with Crippen molar-refractivity contribution in [3.05, 3.63) is 29.6 Å². The van der Waals surface area contributed by atoms with Crippen molar-refractivity contribution in [2.24, 2.45) is 0 Å². The zero-order valence-corrected chi connectivity index (χ0v) is 16.0. The van der Waals surface area contributed by atoms with E-state index in [9.17, 15) is 9.59 Å². The number of hydrogen-bond donors (Lipinski definition) is 1. The summed E-state index contributed by atoms with van der Waals surface area (Å²) in [5.74, 6) is -1.47. The molecule has 0 spiro atoms. The average Bonchev–Trinajstić information content (AvgIpc) is 2.58. The number of halogens is 1. The van der Waals surface area contributed by atoms with Crippen LogP contribution < -0.4 is 0 Å². The molecule has 1 N–H and O–H groups in total. The molecule has 0 amide bonds. The summed E-state index contributed by atoms with van der Waals surface area (Å²) in [5, 5.41) is 9.16. The van der Waals surface area contributed by atoms with E-state index in [2.05, 4.69) is 11.9 Å². The third-order valence-electron chi connectivity index (χ3n) is 4.01. The molecule has 6 heteroatoms. The van der Waals surface area contributed by atoms with Gasteiger partial charge in [-0.1, -0.05) is 52.4 Å². The quantitative estimate of drug-likeness (QED) is 0.413. The Bertz CT molecular complexity index is 522. The van der Waals surface area contributed by atoms with E-state index < -0.39 is 5.97 Å². The highest BCUT2D eigenvalue weighted by molar-refractivity contribution is 5.89. The number of aromatic nitrogens is 1. The highest BCUT2D eigenvalue weighted by Gasteiger charge is 2.18. The molecule has 0 bridgehead atoms. The predicted octanol–water partition coefficient (Wildman–Crippen LogP) is 4.99. The summed E-state index contributed by atoms with van der Waals surface area (Å²) in [6, 6.07) is 3.10. The molecule has 0 fully saturated rings. The second-order valence-corrected chi connectivity index (χ2v) is 6.20. The molecular weight excluding hydrogens is 342 g/mol. The highest BCUT2D eigenvalue weighted by Crippen LogP contribution is 2.18. The summed E-state index contributed by atoms with van der Waals surface area (Å²) in [7, 11) is 0. The molecule has 1 unspecified atom stereocenters. The number of hydrogen-bond acceptors (Lipinski definition) is 4. The summed E-state index contributed by atoms with van der Waals surface area (Å²) < 4.78 is 5.27. The fourth-order valence-corrected chi connectivity index (χ4v) is 2.59. The van der Waals surface area contributed by atoms with Crippen molar-refractivity contribution in [3.63, 3.8) is 0 Å². The molecule has 1 rings (SSSR count). The van der Waals surface area contributed by atoms with Crippen LogP contribution in [0.5, 0.6) is 0 Å². The van der Waals surface area contributed by atoms with Crippen molar-refractivity contribution in [2.75, 3.05) is 6.61 Å². The van der Waals surface area contributed by atoms with Gasteiger partial charge in [-0.15, -0.1) is 12.4 Å². The zero-order valence-electron chi connectivity index (χ0n) is 15.2. The summed E-state index contributed by atoms with van der Waals surface area (Å²) in [4.78, 5) is 27.1. The number of pyridine rings is 1. The smallest absolute Gasteiger partial charge is 0.337 e. The lowest BCUT2D eigenvalue weighted by Crippen LogP contribution is -2.15. The van der Waals surface area contributed by atoms with E-state index in [1.54, 1.807) is 12.3 Å². The average molecular weight is 372 g/mol. The van der Waals surface area contributed by atoms with Gasteiger partial charge in [-0.2, -0.15) is 0 Å². The molecule has 0 saturated heterocycles. The lowest BCUT2D eigenvalue weighted by atomic mass is 10.0. The molecule has 0 aliphatic heterocycles. The third kappa shape index (κ3) is 9.44. The molecule has 0 saturated carbocycles. The van der Waals surface area contributed by atoms with Crippen molar-refractivity contribution in [2.45, 2.75) is 71.1 Å². The maximum absolute atomic E-state index is 11.8. The Morgan fingerprint density at radius 2 is 1.80 bits per heavy atom. The minimum absolute atomic E-state index is 0. The van der Waals surface area contributed by atoms with Gasteiger partial charge in [0.05, 0.1) is 17.9 Å². The van der Waals surface area contributed by atoms with Crippen LogP contribution in [0.25, 0.3) is 0 Å². The van der Waals surface area contributed by atoms with Crippen LogP contribution in [0.1, 0.15) is 87.2 Å². The normalized spacial score (nSPS) is 11.4. The summed E-state index contributed by atoms with van der Waals surface area (Å²) in [6.45, 7) is 4.17. The van der Waals surface area contributed by atoms with E-state index in [0.29, 0.717) is 12.1 Å². The number of aromatic carboxylic acids is 1. The van der Waals surface area contributed by atoms with Gasteiger partial charge in [0.2, 0.25) is 0 Å². The number of ether oxygens (including phenoxy) is 1. The monoisotopic (exact) mass is 371 g/mol. The van der Waals surface area contributed by atoms with E-state index in [1.807, 2.05) is 6.92 Å². The zero-order chi connectivity index (χ0) is 17.8. The van der Waals surface area contributed by atoms with Crippen molar-refractivity contribution < 1.29 is 19.4 Å². The van der Waals surface area contributed by atoms with Crippen LogP contribution in [0.2, 0.25) is 0 Å². The lowest BCUT2D eigenvalue weighted by molar-refractivity contribution is -0.144. The number of carbonyl (C=O) groups excluding carboxylic acids is 1.